The van der Waals surface area contributed by atoms with E-state index in [1.165, 1.54) is 24.8 Å². The molecule has 4 bridgehead atoms. The summed E-state index contributed by atoms with van der Waals surface area (Å²) < 4.78 is 5.26. The number of hydrogen-bond acceptors (Lipinski definition) is 3. The van der Waals surface area contributed by atoms with E-state index in [1.54, 1.807) is 0 Å². The fourth-order valence-electron chi connectivity index (χ4n) is 5.92. The van der Waals surface area contributed by atoms with Crippen molar-refractivity contribution in [2.75, 3.05) is 6.61 Å². The third-order valence-corrected chi connectivity index (χ3v) is 6.23. The Morgan fingerprint density at radius 3 is 2.35 bits per heavy atom. The van der Waals surface area contributed by atoms with E-state index in [-0.39, 0.29) is 18.0 Å². The van der Waals surface area contributed by atoms with Crippen molar-refractivity contribution < 1.29 is 14.3 Å². The molecule has 23 heavy (non-hydrogen) atoms. The molecular formula is C19H23NO3. The molecule has 0 heterocycles. The summed E-state index contributed by atoms with van der Waals surface area (Å²) in [6.07, 6.45) is 6.27. The predicted molar refractivity (Wildman–Crippen MR) is 85.4 cm³/mol. The summed E-state index contributed by atoms with van der Waals surface area (Å²) in [6, 6.07) is 10.6. The Bertz CT molecular complexity index is 625. The van der Waals surface area contributed by atoms with E-state index < -0.39 is 11.3 Å². The van der Waals surface area contributed by atoms with Gasteiger partial charge in [-0.1, -0.05) is 30.3 Å². The summed E-state index contributed by atoms with van der Waals surface area (Å²) in [4.78, 5) is 23.7. The number of amides is 1. The van der Waals surface area contributed by atoms with Crippen LogP contribution in [0.1, 0.15) is 44.1 Å². The maximum atomic E-state index is 12.7. The normalized spacial score (nSPS) is 37.6. The first-order valence-electron chi connectivity index (χ1n) is 8.52. The number of carbonyl (C=O) groups is 2. The zero-order chi connectivity index (χ0) is 16.1. The van der Waals surface area contributed by atoms with Gasteiger partial charge >= 0.3 is 5.97 Å². The molecule has 4 nitrogen and oxygen atoms in total. The van der Waals surface area contributed by atoms with Crippen LogP contribution in [-0.2, 0) is 19.7 Å². The molecule has 0 saturated heterocycles. The smallest absolute Gasteiger partial charge is 0.312 e. The third kappa shape index (κ3) is 2.35. The molecule has 4 aliphatic rings. The molecular weight excluding hydrogens is 290 g/mol. The molecule has 0 spiro atoms. The average molecular weight is 313 g/mol. The Kier molecular flexibility index (Phi) is 3.26. The Balaban J connectivity index is 1.66. The maximum absolute atomic E-state index is 12.7. The summed E-state index contributed by atoms with van der Waals surface area (Å²) in [6.45, 7) is -0.297. The second kappa shape index (κ2) is 5.08. The van der Waals surface area contributed by atoms with Crippen molar-refractivity contribution >= 4 is 11.9 Å². The Hall–Kier alpha value is -1.84. The molecule has 2 N–H and O–H groups in total. The minimum atomic E-state index is -0.583. The van der Waals surface area contributed by atoms with E-state index in [9.17, 15) is 9.59 Å². The third-order valence-electron chi connectivity index (χ3n) is 6.23. The first kappa shape index (κ1) is 14.7. The van der Waals surface area contributed by atoms with Crippen LogP contribution in [0.25, 0.3) is 0 Å². The number of hydrogen-bond donors (Lipinski definition) is 1. The monoisotopic (exact) mass is 313 g/mol. The first-order valence-corrected chi connectivity index (χ1v) is 8.52. The number of rotatable bonds is 4. The fraction of sp³-hybridized carbons (Fsp3) is 0.579. The van der Waals surface area contributed by atoms with Crippen LogP contribution in [0.3, 0.4) is 0 Å². The van der Waals surface area contributed by atoms with Crippen molar-refractivity contribution in [3.8, 4) is 0 Å². The second-order valence-electron chi connectivity index (χ2n) is 7.93. The minimum Gasteiger partial charge on any atom is -0.455 e. The van der Waals surface area contributed by atoms with Gasteiger partial charge in [-0.05, 0) is 61.3 Å². The van der Waals surface area contributed by atoms with Gasteiger partial charge in [-0.2, -0.15) is 0 Å². The fourth-order valence-corrected chi connectivity index (χ4v) is 5.92. The quantitative estimate of drug-likeness (QED) is 0.869. The van der Waals surface area contributed by atoms with E-state index in [1.807, 2.05) is 6.07 Å². The van der Waals surface area contributed by atoms with Crippen molar-refractivity contribution in [1.82, 2.24) is 0 Å². The van der Waals surface area contributed by atoms with Gasteiger partial charge in [0.25, 0.3) is 5.91 Å². The molecule has 4 aliphatic carbocycles. The highest BCUT2D eigenvalue weighted by Crippen LogP contribution is 2.66. The Morgan fingerprint density at radius 1 is 1.09 bits per heavy atom. The molecule has 1 aromatic carbocycles. The van der Waals surface area contributed by atoms with Gasteiger partial charge in [-0.15, -0.1) is 0 Å². The molecule has 4 heteroatoms. The molecule has 2 atom stereocenters. The molecule has 4 saturated carbocycles. The number of benzene rings is 1. The van der Waals surface area contributed by atoms with Crippen molar-refractivity contribution in [1.29, 1.82) is 0 Å². The zero-order valence-corrected chi connectivity index (χ0v) is 13.3. The van der Waals surface area contributed by atoms with Gasteiger partial charge in [0.05, 0.1) is 5.41 Å². The molecule has 0 aliphatic heterocycles. The number of nitrogens with two attached hydrogens (primary N) is 1. The lowest BCUT2D eigenvalue weighted by Crippen LogP contribution is -2.57. The molecule has 4 fully saturated rings. The molecule has 5 rings (SSSR count). The van der Waals surface area contributed by atoms with Gasteiger partial charge in [-0.3, -0.25) is 9.59 Å². The van der Waals surface area contributed by atoms with Crippen molar-refractivity contribution in [2.45, 2.75) is 43.9 Å². The van der Waals surface area contributed by atoms with Crippen LogP contribution < -0.4 is 5.73 Å². The lowest BCUT2D eigenvalue weighted by Gasteiger charge is -2.61. The van der Waals surface area contributed by atoms with Crippen LogP contribution >= 0.6 is 0 Å². The lowest BCUT2D eigenvalue weighted by atomic mass is 9.43. The van der Waals surface area contributed by atoms with Gasteiger partial charge in [0.2, 0.25) is 0 Å². The molecule has 2 unspecified atom stereocenters. The standard InChI is InChI=1S/C19H23NO3/c20-16(21)11-23-17(22)19-9-13-6-14(10-19)8-18(7-13,12-19)15-4-2-1-3-5-15/h1-5,13-14H,6-12H2,(H2,20,21). The highest BCUT2D eigenvalue weighted by Gasteiger charge is 2.61. The SMILES string of the molecule is NC(=O)COC(=O)C12CC3CC(C1)CC(c1ccccc1)(C3)C2. The van der Waals surface area contributed by atoms with Gasteiger partial charge in [0, 0.05) is 0 Å². The summed E-state index contributed by atoms with van der Waals surface area (Å²) >= 11 is 0. The van der Waals surface area contributed by atoms with E-state index in [0.29, 0.717) is 11.8 Å². The summed E-state index contributed by atoms with van der Waals surface area (Å²) in [7, 11) is 0. The minimum absolute atomic E-state index is 0.108. The van der Waals surface area contributed by atoms with E-state index >= 15 is 0 Å². The van der Waals surface area contributed by atoms with E-state index in [0.717, 1.165) is 19.3 Å². The molecule has 0 aromatic heterocycles. The van der Waals surface area contributed by atoms with E-state index in [4.69, 9.17) is 10.5 Å². The molecule has 1 amide bonds. The zero-order valence-electron chi connectivity index (χ0n) is 13.3. The summed E-state index contributed by atoms with van der Waals surface area (Å²) in [5.74, 6) is 0.404. The van der Waals surface area contributed by atoms with Crippen LogP contribution in [-0.4, -0.2) is 18.5 Å². The van der Waals surface area contributed by atoms with Gasteiger partial charge in [0.15, 0.2) is 6.61 Å². The molecule has 0 radical (unpaired) electrons. The Labute approximate surface area is 136 Å². The lowest BCUT2D eigenvalue weighted by molar-refractivity contribution is -0.175. The van der Waals surface area contributed by atoms with Gasteiger partial charge in [-0.25, -0.2) is 0 Å². The van der Waals surface area contributed by atoms with Crippen molar-refractivity contribution in [3.05, 3.63) is 35.9 Å². The second-order valence-corrected chi connectivity index (χ2v) is 7.93. The van der Waals surface area contributed by atoms with Gasteiger partial charge in [0.1, 0.15) is 0 Å². The van der Waals surface area contributed by atoms with Crippen LogP contribution in [0.15, 0.2) is 30.3 Å². The van der Waals surface area contributed by atoms with Crippen LogP contribution in [0.4, 0.5) is 0 Å². The Morgan fingerprint density at radius 2 is 1.74 bits per heavy atom. The average Bonchev–Trinajstić information content (AvgIpc) is 2.52. The highest BCUT2D eigenvalue weighted by atomic mass is 16.5. The number of carbonyl (C=O) groups excluding carboxylic acids is 2. The van der Waals surface area contributed by atoms with E-state index in [2.05, 4.69) is 24.3 Å². The van der Waals surface area contributed by atoms with Crippen LogP contribution in [0.5, 0.6) is 0 Å². The van der Waals surface area contributed by atoms with Crippen molar-refractivity contribution in [2.24, 2.45) is 23.0 Å². The van der Waals surface area contributed by atoms with Gasteiger partial charge < -0.3 is 10.5 Å². The highest BCUT2D eigenvalue weighted by molar-refractivity contribution is 5.82. The van der Waals surface area contributed by atoms with Crippen LogP contribution in [0.2, 0.25) is 0 Å². The topological polar surface area (TPSA) is 69.4 Å². The van der Waals surface area contributed by atoms with Crippen molar-refractivity contribution in [3.63, 3.8) is 0 Å². The molecule has 122 valence electrons. The first-order chi connectivity index (χ1) is 11.0. The summed E-state index contributed by atoms with van der Waals surface area (Å²) in [5, 5.41) is 0. The summed E-state index contributed by atoms with van der Waals surface area (Å²) in [5.41, 5.74) is 6.20. The van der Waals surface area contributed by atoms with Crippen LogP contribution in [0, 0.1) is 17.3 Å². The largest absolute Gasteiger partial charge is 0.455 e. The number of primary amides is 1. The maximum Gasteiger partial charge on any atom is 0.312 e. The predicted octanol–water partition coefficient (Wildman–Crippen LogP) is 2.55. The number of ether oxygens (including phenoxy) is 1. The molecule has 1 aromatic rings. The number of esters is 1.